The maximum absolute atomic E-state index is 8.56. The third-order valence-electron chi connectivity index (χ3n) is 2.72. The van der Waals surface area contributed by atoms with Gasteiger partial charge < -0.3 is 15.8 Å². The highest BCUT2D eigenvalue weighted by atomic mass is 32.2. The number of amidine groups is 1. The van der Waals surface area contributed by atoms with Gasteiger partial charge in [-0.05, 0) is 12.1 Å². The van der Waals surface area contributed by atoms with Crippen molar-refractivity contribution in [3.63, 3.8) is 0 Å². The predicted molar refractivity (Wildman–Crippen MR) is 70.9 cm³/mol. The van der Waals surface area contributed by atoms with Crippen LogP contribution in [0.1, 0.15) is 12.5 Å². The Morgan fingerprint density at radius 1 is 1.65 bits per heavy atom. The molecule has 6 heteroatoms. The molecule has 1 aliphatic rings. The van der Waals surface area contributed by atoms with E-state index >= 15 is 0 Å². The largest absolute Gasteiger partial charge is 0.409 e. The minimum Gasteiger partial charge on any atom is -0.409 e. The highest BCUT2D eigenvalue weighted by Crippen LogP contribution is 2.22. The van der Waals surface area contributed by atoms with E-state index in [1.54, 1.807) is 6.20 Å². The predicted octanol–water partition coefficient (Wildman–Crippen LogP) is 1.12. The number of hydrogen-bond acceptors (Lipinski definition) is 5. The zero-order valence-electron chi connectivity index (χ0n) is 9.71. The molecule has 17 heavy (non-hydrogen) atoms. The van der Waals surface area contributed by atoms with Crippen LogP contribution in [0.2, 0.25) is 0 Å². The van der Waals surface area contributed by atoms with E-state index in [0.29, 0.717) is 10.8 Å². The molecule has 1 saturated heterocycles. The molecule has 1 aromatic rings. The van der Waals surface area contributed by atoms with Crippen LogP contribution in [-0.4, -0.2) is 40.1 Å². The average molecular weight is 252 g/mol. The third kappa shape index (κ3) is 2.82. The van der Waals surface area contributed by atoms with Crippen molar-refractivity contribution in [1.29, 1.82) is 0 Å². The molecule has 1 aliphatic heterocycles. The van der Waals surface area contributed by atoms with Gasteiger partial charge in [-0.15, -0.1) is 0 Å². The SMILES string of the molecule is CC1CN(c2ccc(/C(N)=N/O)cn2)CCS1. The first kappa shape index (κ1) is 12.0. The van der Waals surface area contributed by atoms with Gasteiger partial charge >= 0.3 is 0 Å². The van der Waals surface area contributed by atoms with Gasteiger partial charge in [0.1, 0.15) is 5.82 Å². The summed E-state index contributed by atoms with van der Waals surface area (Å²) in [6.45, 7) is 4.26. The topological polar surface area (TPSA) is 74.7 Å². The van der Waals surface area contributed by atoms with Gasteiger partial charge in [0.2, 0.25) is 0 Å². The number of nitrogens with two attached hydrogens (primary N) is 1. The summed E-state index contributed by atoms with van der Waals surface area (Å²) in [4.78, 5) is 6.61. The van der Waals surface area contributed by atoms with Crippen LogP contribution in [0.25, 0.3) is 0 Å². The Kier molecular flexibility index (Phi) is 3.73. The zero-order valence-corrected chi connectivity index (χ0v) is 10.5. The molecule has 3 N–H and O–H groups in total. The number of anilines is 1. The highest BCUT2D eigenvalue weighted by Gasteiger charge is 2.17. The fourth-order valence-electron chi connectivity index (χ4n) is 1.81. The molecule has 92 valence electrons. The standard InChI is InChI=1S/C11H16N4OS/c1-8-7-15(4-5-17-8)10-3-2-9(6-13-10)11(12)14-16/h2-3,6,8,16H,4-5,7H2,1H3,(H2,12,14). The molecule has 1 unspecified atom stereocenters. The summed E-state index contributed by atoms with van der Waals surface area (Å²) < 4.78 is 0. The Bertz CT molecular complexity index is 406. The fourth-order valence-corrected chi connectivity index (χ4v) is 2.82. The Morgan fingerprint density at radius 3 is 3.06 bits per heavy atom. The van der Waals surface area contributed by atoms with Gasteiger partial charge in [0.25, 0.3) is 0 Å². The maximum atomic E-state index is 8.56. The summed E-state index contributed by atoms with van der Waals surface area (Å²) in [5.41, 5.74) is 6.12. The fraction of sp³-hybridized carbons (Fsp3) is 0.455. The number of thioether (sulfide) groups is 1. The molecule has 0 radical (unpaired) electrons. The molecule has 5 nitrogen and oxygen atoms in total. The van der Waals surface area contributed by atoms with E-state index in [2.05, 4.69) is 22.0 Å². The van der Waals surface area contributed by atoms with Crippen molar-refractivity contribution in [2.75, 3.05) is 23.7 Å². The van der Waals surface area contributed by atoms with E-state index in [9.17, 15) is 0 Å². The van der Waals surface area contributed by atoms with Gasteiger partial charge in [0, 0.05) is 35.9 Å². The van der Waals surface area contributed by atoms with Crippen molar-refractivity contribution >= 4 is 23.4 Å². The number of hydrogen-bond donors (Lipinski definition) is 2. The maximum Gasteiger partial charge on any atom is 0.171 e. The normalized spacial score (nSPS) is 21.6. The van der Waals surface area contributed by atoms with Crippen LogP contribution in [0.4, 0.5) is 5.82 Å². The van der Waals surface area contributed by atoms with Crippen LogP contribution in [0.5, 0.6) is 0 Å². The van der Waals surface area contributed by atoms with E-state index < -0.39 is 0 Å². The van der Waals surface area contributed by atoms with Gasteiger partial charge in [-0.25, -0.2) is 4.98 Å². The third-order valence-corrected chi connectivity index (χ3v) is 3.85. The number of rotatable bonds is 2. The lowest BCUT2D eigenvalue weighted by Crippen LogP contribution is -2.37. The molecule has 1 fully saturated rings. The average Bonchev–Trinajstić information content (AvgIpc) is 2.38. The first-order valence-electron chi connectivity index (χ1n) is 5.51. The molecular formula is C11H16N4OS. The molecule has 1 aromatic heterocycles. The van der Waals surface area contributed by atoms with Crippen LogP contribution in [0.15, 0.2) is 23.5 Å². The van der Waals surface area contributed by atoms with Crippen molar-refractivity contribution in [3.05, 3.63) is 23.9 Å². The molecule has 2 rings (SSSR count). The molecule has 1 atom stereocenters. The summed E-state index contributed by atoms with van der Waals surface area (Å²) >= 11 is 1.99. The first-order chi connectivity index (χ1) is 8.20. The van der Waals surface area contributed by atoms with Crippen LogP contribution in [-0.2, 0) is 0 Å². The number of aromatic nitrogens is 1. The molecule has 0 spiro atoms. The van der Waals surface area contributed by atoms with Gasteiger partial charge in [-0.1, -0.05) is 12.1 Å². The lowest BCUT2D eigenvalue weighted by Gasteiger charge is -2.31. The monoisotopic (exact) mass is 252 g/mol. The summed E-state index contributed by atoms with van der Waals surface area (Å²) in [7, 11) is 0. The van der Waals surface area contributed by atoms with Crippen LogP contribution in [0, 0.1) is 0 Å². The molecule has 0 aliphatic carbocycles. The molecular weight excluding hydrogens is 236 g/mol. The summed E-state index contributed by atoms with van der Waals surface area (Å²) in [5.74, 6) is 2.17. The molecule has 0 aromatic carbocycles. The Labute approximate surface area is 105 Å². The van der Waals surface area contributed by atoms with E-state index in [-0.39, 0.29) is 5.84 Å². The molecule has 0 saturated carbocycles. The second kappa shape index (κ2) is 5.27. The molecule has 0 amide bonds. The first-order valence-corrected chi connectivity index (χ1v) is 6.56. The Balaban J connectivity index is 2.12. The van der Waals surface area contributed by atoms with Crippen LogP contribution < -0.4 is 10.6 Å². The minimum absolute atomic E-state index is 0.0895. The van der Waals surface area contributed by atoms with Crippen LogP contribution >= 0.6 is 11.8 Å². The van der Waals surface area contributed by atoms with E-state index in [1.807, 2.05) is 23.9 Å². The highest BCUT2D eigenvalue weighted by molar-refractivity contribution is 8.00. The summed E-state index contributed by atoms with van der Waals surface area (Å²) in [5, 5.41) is 12.1. The van der Waals surface area contributed by atoms with Crippen LogP contribution in [0.3, 0.4) is 0 Å². The Hall–Kier alpha value is -1.43. The van der Waals surface area contributed by atoms with E-state index in [4.69, 9.17) is 10.9 Å². The lowest BCUT2D eigenvalue weighted by molar-refractivity contribution is 0.318. The number of pyridine rings is 1. The number of oxime groups is 1. The second-order valence-electron chi connectivity index (χ2n) is 4.02. The van der Waals surface area contributed by atoms with Crippen molar-refractivity contribution in [2.45, 2.75) is 12.2 Å². The van der Waals surface area contributed by atoms with Gasteiger partial charge in [-0.2, -0.15) is 11.8 Å². The van der Waals surface area contributed by atoms with E-state index in [1.165, 1.54) is 0 Å². The van der Waals surface area contributed by atoms with Gasteiger partial charge in [-0.3, -0.25) is 0 Å². The molecule has 0 bridgehead atoms. The van der Waals surface area contributed by atoms with Crippen molar-refractivity contribution in [2.24, 2.45) is 10.9 Å². The van der Waals surface area contributed by atoms with E-state index in [0.717, 1.165) is 24.7 Å². The summed E-state index contributed by atoms with van der Waals surface area (Å²) in [6, 6.07) is 3.74. The van der Waals surface area contributed by atoms with Crippen molar-refractivity contribution < 1.29 is 5.21 Å². The minimum atomic E-state index is 0.0895. The smallest absolute Gasteiger partial charge is 0.171 e. The Morgan fingerprint density at radius 2 is 2.47 bits per heavy atom. The van der Waals surface area contributed by atoms with Gasteiger partial charge in [0.05, 0.1) is 0 Å². The second-order valence-corrected chi connectivity index (χ2v) is 5.56. The molecule has 2 heterocycles. The summed E-state index contributed by atoms with van der Waals surface area (Å²) in [6.07, 6.45) is 1.64. The quantitative estimate of drug-likeness (QED) is 0.357. The van der Waals surface area contributed by atoms with Crippen molar-refractivity contribution in [1.82, 2.24) is 4.98 Å². The number of nitrogens with zero attached hydrogens (tertiary/aromatic N) is 3. The van der Waals surface area contributed by atoms with Crippen molar-refractivity contribution in [3.8, 4) is 0 Å². The van der Waals surface area contributed by atoms with Gasteiger partial charge in [0.15, 0.2) is 5.84 Å². The lowest BCUT2D eigenvalue weighted by atomic mass is 10.2. The zero-order chi connectivity index (χ0) is 12.3.